The minimum absolute atomic E-state index is 0.164. The number of aliphatic imine (C=N–C) groups is 1. The molecule has 5 nitrogen and oxygen atoms in total. The molecule has 0 radical (unpaired) electrons. The third kappa shape index (κ3) is 30.7. The first-order chi connectivity index (χ1) is 33.2. The molecule has 69 heavy (non-hydrogen) atoms. The van der Waals surface area contributed by atoms with E-state index in [2.05, 4.69) is 151 Å². The summed E-state index contributed by atoms with van der Waals surface area (Å²) in [4.78, 5) is 27.1. The van der Waals surface area contributed by atoms with Crippen LogP contribution < -0.4 is 11.1 Å². The molecule has 0 heterocycles. The molecule has 0 aliphatic heterocycles. The third-order valence-electron chi connectivity index (χ3n) is 11.9. The number of aryl methyl sites for hydroxylation is 2. The largest absolute Gasteiger partial charge is 0.399 e. The van der Waals surface area contributed by atoms with Crippen molar-refractivity contribution in [2.75, 3.05) is 12.4 Å². The van der Waals surface area contributed by atoms with Crippen molar-refractivity contribution < 1.29 is 9.59 Å². The number of rotatable bonds is 21. The molecule has 1 saturated carbocycles. The number of ketones is 2. The Morgan fingerprint density at radius 2 is 1.35 bits per heavy atom. The van der Waals surface area contributed by atoms with Crippen LogP contribution in [0.5, 0.6) is 0 Å². The fraction of sp³-hybridized carbons (Fsp3) is 0.484. The molecule has 1 fully saturated rings. The van der Waals surface area contributed by atoms with Crippen LogP contribution >= 0.6 is 0 Å². The number of anilines is 1. The first-order valence-electron chi connectivity index (χ1n) is 26.4. The molecular formula is C64H97N3O2. The number of carbonyl (C=O) groups is 2. The van der Waals surface area contributed by atoms with Gasteiger partial charge in [0.25, 0.3) is 0 Å². The fourth-order valence-electron chi connectivity index (χ4n) is 7.95. The number of hydrogen-bond donors (Lipinski definition) is 2. The predicted octanol–water partition coefficient (Wildman–Crippen LogP) is 17.9. The van der Waals surface area contributed by atoms with Gasteiger partial charge in [0.2, 0.25) is 0 Å². The second kappa shape index (κ2) is 40.6. The van der Waals surface area contributed by atoms with Crippen molar-refractivity contribution in [3.8, 4) is 0 Å². The molecule has 0 spiro atoms. The lowest BCUT2D eigenvalue weighted by Crippen LogP contribution is -2.14. The Hall–Kier alpha value is -5.29. The molecule has 4 aromatic rings. The van der Waals surface area contributed by atoms with E-state index >= 15 is 0 Å². The molecule has 5 rings (SSSR count). The van der Waals surface area contributed by atoms with Crippen molar-refractivity contribution in [1.82, 2.24) is 0 Å². The topological polar surface area (TPSA) is 84.6 Å². The predicted molar refractivity (Wildman–Crippen MR) is 308 cm³/mol. The second-order valence-corrected chi connectivity index (χ2v) is 18.4. The van der Waals surface area contributed by atoms with Gasteiger partial charge in [-0.2, -0.15) is 0 Å². The Morgan fingerprint density at radius 3 is 1.88 bits per heavy atom. The summed E-state index contributed by atoms with van der Waals surface area (Å²) < 4.78 is 0. The van der Waals surface area contributed by atoms with Crippen LogP contribution in [0.3, 0.4) is 0 Å². The number of nitrogens with one attached hydrogen (secondary N) is 1. The van der Waals surface area contributed by atoms with Gasteiger partial charge in [0, 0.05) is 43.7 Å². The molecule has 0 saturated heterocycles. The zero-order valence-corrected chi connectivity index (χ0v) is 45.8. The van der Waals surface area contributed by atoms with Crippen LogP contribution in [0, 0.1) is 19.8 Å². The summed E-state index contributed by atoms with van der Waals surface area (Å²) >= 11 is 0. The number of nitrogens with zero attached hydrogens (tertiary/aromatic N) is 1. The maximum atomic E-state index is 12.4. The number of unbranched alkanes of at least 4 members (excludes halogenated alkanes) is 4. The lowest BCUT2D eigenvalue weighted by Gasteiger charge is -2.14. The Bertz CT molecular complexity index is 2010. The van der Waals surface area contributed by atoms with Crippen LogP contribution in [0.4, 0.5) is 5.69 Å². The van der Waals surface area contributed by atoms with Crippen LogP contribution in [-0.4, -0.2) is 31.4 Å². The average molecular weight is 940 g/mol. The van der Waals surface area contributed by atoms with Crippen molar-refractivity contribution in [3.63, 3.8) is 0 Å². The minimum Gasteiger partial charge on any atom is -0.399 e. The van der Waals surface area contributed by atoms with Gasteiger partial charge < -0.3 is 16.0 Å². The Kier molecular flexibility index (Phi) is 37.5. The van der Waals surface area contributed by atoms with E-state index in [-0.39, 0.29) is 11.7 Å². The Morgan fingerprint density at radius 1 is 0.768 bits per heavy atom. The van der Waals surface area contributed by atoms with Crippen LogP contribution in [0.1, 0.15) is 197 Å². The van der Waals surface area contributed by atoms with E-state index in [1.807, 2.05) is 57.2 Å². The van der Waals surface area contributed by atoms with Crippen molar-refractivity contribution >= 4 is 35.2 Å². The first-order valence-corrected chi connectivity index (χ1v) is 26.4. The monoisotopic (exact) mass is 940 g/mol. The highest BCUT2D eigenvalue weighted by atomic mass is 16.1. The number of hydrogen-bond acceptors (Lipinski definition) is 5. The van der Waals surface area contributed by atoms with E-state index in [4.69, 9.17) is 5.73 Å². The third-order valence-corrected chi connectivity index (χ3v) is 11.9. The zero-order chi connectivity index (χ0) is 51.8. The number of Topliss-reactive ketones (excluding diaryl/α,β-unsaturated/α-hetero) is 2. The van der Waals surface area contributed by atoms with Crippen molar-refractivity contribution in [2.24, 2.45) is 16.6 Å². The molecule has 380 valence electrons. The highest BCUT2D eigenvalue weighted by Crippen LogP contribution is 2.29. The van der Waals surface area contributed by atoms with E-state index in [1.165, 1.54) is 99.4 Å². The summed E-state index contributed by atoms with van der Waals surface area (Å²) in [6.07, 6.45) is 24.8. The SMILES string of the molecule is C/C=C(\N)c1cccc(C)c1.C=C/C(=C\C(C)c1ccc(CC(=O)CCCC2CCCC2)cc1)c1cccc(CC(C)=O)c1.C=NC.CC.CCCCC(C)Nc1ccc(C)cc1.CCCCCC. The van der Waals surface area contributed by atoms with E-state index in [1.54, 1.807) is 14.0 Å². The van der Waals surface area contributed by atoms with Gasteiger partial charge in [-0.05, 0) is 118 Å². The van der Waals surface area contributed by atoms with E-state index in [9.17, 15) is 9.59 Å². The lowest BCUT2D eigenvalue weighted by molar-refractivity contribution is -0.118. The van der Waals surface area contributed by atoms with Crippen LogP contribution in [0.25, 0.3) is 11.3 Å². The smallest absolute Gasteiger partial charge is 0.137 e. The van der Waals surface area contributed by atoms with E-state index < -0.39 is 0 Å². The van der Waals surface area contributed by atoms with Gasteiger partial charge in [-0.25, -0.2) is 0 Å². The molecule has 3 N–H and O–H groups in total. The number of carbonyl (C=O) groups excluding carboxylic acids is 2. The quantitative estimate of drug-likeness (QED) is 0.0495. The molecular weight excluding hydrogens is 843 g/mol. The lowest BCUT2D eigenvalue weighted by atomic mass is 9.93. The maximum Gasteiger partial charge on any atom is 0.137 e. The van der Waals surface area contributed by atoms with Gasteiger partial charge in [-0.3, -0.25) is 9.59 Å². The molecule has 4 aromatic carbocycles. The normalized spacial score (nSPS) is 12.8. The van der Waals surface area contributed by atoms with Gasteiger partial charge in [-0.15, -0.1) is 0 Å². The van der Waals surface area contributed by atoms with Crippen molar-refractivity contribution in [2.45, 2.75) is 191 Å². The van der Waals surface area contributed by atoms with Crippen molar-refractivity contribution in [1.29, 1.82) is 0 Å². The average Bonchev–Trinajstić information content (AvgIpc) is 3.87. The highest BCUT2D eigenvalue weighted by molar-refractivity contribution is 5.81. The summed E-state index contributed by atoms with van der Waals surface area (Å²) in [5, 5.41) is 3.50. The molecule has 0 amide bonds. The number of benzene rings is 4. The van der Waals surface area contributed by atoms with Gasteiger partial charge in [0.15, 0.2) is 0 Å². The van der Waals surface area contributed by atoms with Crippen molar-refractivity contribution in [3.05, 3.63) is 161 Å². The zero-order valence-electron chi connectivity index (χ0n) is 45.8. The fourth-order valence-corrected chi connectivity index (χ4v) is 7.95. The molecule has 1 aliphatic carbocycles. The van der Waals surface area contributed by atoms with E-state index in [0.717, 1.165) is 45.9 Å². The van der Waals surface area contributed by atoms with Gasteiger partial charge in [0.05, 0.1) is 0 Å². The van der Waals surface area contributed by atoms with Gasteiger partial charge >= 0.3 is 0 Å². The van der Waals surface area contributed by atoms with E-state index in [0.29, 0.717) is 31.1 Å². The van der Waals surface area contributed by atoms with Crippen LogP contribution in [0.15, 0.2) is 127 Å². The standard InChI is InChI=1S/C31H38O2.C13H21N.C10H13N.C6H14.C2H5N.C2H6/c1-4-28(30-13-7-12-27(21-30)20-24(3)32)19-23(2)29-17-15-26(16-18-29)22-31(33)14-8-11-25-9-5-6-10-25;1-4-5-6-12(3)14-13-9-7-11(2)8-10-13;1-3-10(11)9-6-4-5-8(2)7-9;1-3-5-6-4-2;1-3-2;1-2/h4,7,12-13,15-19,21,23,25H,1,5-6,8-11,14,20,22H2,2-3H3;7-10,12,14H,4-6H2,1-3H3;3-7H,11H2,1-2H3;3-6H2,1-2H3;1H2,2H3;1-2H3/b28-19+;;10-3-;;;. The molecule has 2 unspecified atom stereocenters. The molecule has 5 heteroatoms. The highest BCUT2D eigenvalue weighted by Gasteiger charge is 2.15. The minimum atomic E-state index is 0.164. The molecule has 1 aliphatic rings. The van der Waals surface area contributed by atoms with Gasteiger partial charge in [0.1, 0.15) is 11.6 Å². The van der Waals surface area contributed by atoms with Crippen LogP contribution in [-0.2, 0) is 22.4 Å². The molecule has 0 bridgehead atoms. The maximum absolute atomic E-state index is 12.4. The summed E-state index contributed by atoms with van der Waals surface area (Å²) in [5.41, 5.74) is 16.9. The Labute approximate surface area is 423 Å². The first kappa shape index (κ1) is 63.7. The number of nitrogens with two attached hydrogens (primary N) is 1. The van der Waals surface area contributed by atoms with Crippen LogP contribution in [0.2, 0.25) is 0 Å². The summed E-state index contributed by atoms with van der Waals surface area (Å²) in [5.74, 6) is 1.60. The molecule has 0 aromatic heterocycles. The second-order valence-electron chi connectivity index (χ2n) is 18.4. The summed E-state index contributed by atoms with van der Waals surface area (Å²) in [7, 11) is 1.64. The summed E-state index contributed by atoms with van der Waals surface area (Å²) in [6.45, 7) is 30.0. The summed E-state index contributed by atoms with van der Waals surface area (Å²) in [6, 6.07) is 33.9. The molecule has 2 atom stereocenters. The van der Waals surface area contributed by atoms with Gasteiger partial charge in [-0.1, -0.05) is 227 Å². The Balaban J connectivity index is 0.00000105. The number of allylic oxidation sites excluding steroid dienone is 4.